The first kappa shape index (κ1) is 29.9. The van der Waals surface area contributed by atoms with Gasteiger partial charge >= 0.3 is 0 Å². The van der Waals surface area contributed by atoms with E-state index in [-0.39, 0.29) is 27.2 Å². The number of fused-ring (bicyclic) bond motifs is 4. The van der Waals surface area contributed by atoms with Gasteiger partial charge in [-0.1, -0.05) is 0 Å². The molecule has 0 unspecified atom stereocenters. The molecule has 0 saturated carbocycles. The van der Waals surface area contributed by atoms with E-state index in [1.807, 2.05) is 24.3 Å². The van der Waals surface area contributed by atoms with Crippen molar-refractivity contribution in [3.05, 3.63) is 58.7 Å². The minimum Gasteiger partial charge on any atom is -0.493 e. The molecule has 12 heteroatoms. The molecular formula is C36H34O12. The van der Waals surface area contributed by atoms with Gasteiger partial charge in [0.2, 0.25) is 50.2 Å². The van der Waals surface area contributed by atoms with Gasteiger partial charge in [-0.05, 0) is 84.3 Å². The Labute approximate surface area is 276 Å². The third kappa shape index (κ3) is 4.99. The van der Waals surface area contributed by atoms with Crippen molar-refractivity contribution in [3.8, 4) is 80.1 Å². The predicted octanol–water partition coefficient (Wildman–Crippen LogP) is 5.87. The molecule has 0 amide bonds. The van der Waals surface area contributed by atoms with Gasteiger partial charge in [-0.15, -0.1) is 0 Å². The maximum atomic E-state index is 6.00. The summed E-state index contributed by atoms with van der Waals surface area (Å²) in [6, 6.07) is 12.1. The smallest absolute Gasteiger partial charge is 0.231 e. The van der Waals surface area contributed by atoms with E-state index in [2.05, 4.69) is 12.1 Å². The van der Waals surface area contributed by atoms with Crippen molar-refractivity contribution in [1.82, 2.24) is 0 Å². The second-order valence-corrected chi connectivity index (χ2v) is 11.4. The molecule has 0 aliphatic carbocycles. The van der Waals surface area contributed by atoms with Crippen molar-refractivity contribution in [1.29, 1.82) is 0 Å². The molecule has 0 aromatic heterocycles. The summed E-state index contributed by atoms with van der Waals surface area (Å²) in [4.78, 5) is 0. The third-order valence-electron chi connectivity index (χ3n) is 8.85. The molecule has 12 nitrogen and oxygen atoms in total. The van der Waals surface area contributed by atoms with Crippen LogP contribution < -0.4 is 56.8 Å². The second kappa shape index (κ2) is 12.3. The Morgan fingerprint density at radius 1 is 0.417 bits per heavy atom. The van der Waals surface area contributed by atoms with E-state index in [1.54, 1.807) is 28.4 Å². The zero-order chi connectivity index (χ0) is 32.8. The number of benzene rings is 4. The number of ether oxygens (including phenoxy) is 12. The lowest BCUT2D eigenvalue weighted by Crippen LogP contribution is -2.01. The molecule has 4 aromatic rings. The number of hydrogen-bond acceptors (Lipinski definition) is 12. The monoisotopic (exact) mass is 658 g/mol. The molecule has 4 aliphatic heterocycles. The van der Waals surface area contributed by atoms with E-state index in [0.29, 0.717) is 94.7 Å². The summed E-state index contributed by atoms with van der Waals surface area (Å²) < 4.78 is 69.5. The molecular weight excluding hydrogens is 624 g/mol. The summed E-state index contributed by atoms with van der Waals surface area (Å²) in [6.45, 7) is 0.505. The van der Waals surface area contributed by atoms with Crippen LogP contribution in [0.25, 0.3) is 11.1 Å². The Bertz CT molecular complexity index is 1760. The van der Waals surface area contributed by atoms with Gasteiger partial charge in [0.05, 0.1) is 28.4 Å². The zero-order valence-electron chi connectivity index (χ0n) is 27.0. The Morgan fingerprint density at radius 3 is 1.23 bits per heavy atom. The van der Waals surface area contributed by atoms with Gasteiger partial charge in [-0.3, -0.25) is 0 Å². The van der Waals surface area contributed by atoms with Crippen molar-refractivity contribution in [2.45, 2.75) is 25.7 Å². The molecule has 0 N–H and O–H groups in total. The van der Waals surface area contributed by atoms with Crippen LogP contribution in [-0.4, -0.2) is 55.6 Å². The molecule has 0 saturated heterocycles. The van der Waals surface area contributed by atoms with Crippen LogP contribution >= 0.6 is 0 Å². The molecule has 4 heterocycles. The fourth-order valence-electron chi connectivity index (χ4n) is 6.62. The Hall–Kier alpha value is -5.52. The van der Waals surface area contributed by atoms with Crippen molar-refractivity contribution >= 4 is 0 Å². The lowest BCUT2D eigenvalue weighted by molar-refractivity contribution is 0.170. The molecule has 0 atom stereocenters. The molecule has 4 aliphatic rings. The normalized spacial score (nSPS) is 14.3. The molecule has 0 spiro atoms. The number of rotatable bonds is 11. The van der Waals surface area contributed by atoms with Gasteiger partial charge in [0.15, 0.2) is 46.0 Å². The van der Waals surface area contributed by atoms with Crippen LogP contribution in [0, 0.1) is 0 Å². The highest BCUT2D eigenvalue weighted by atomic mass is 16.7. The van der Waals surface area contributed by atoms with E-state index in [4.69, 9.17) is 56.8 Å². The number of methoxy groups -OCH3 is 4. The van der Waals surface area contributed by atoms with E-state index in [9.17, 15) is 0 Å². The van der Waals surface area contributed by atoms with E-state index in [0.717, 1.165) is 33.4 Å². The van der Waals surface area contributed by atoms with Crippen LogP contribution in [0.5, 0.6) is 69.0 Å². The van der Waals surface area contributed by atoms with Crippen molar-refractivity contribution in [2.24, 2.45) is 0 Å². The van der Waals surface area contributed by atoms with E-state index in [1.165, 1.54) is 0 Å². The third-order valence-corrected chi connectivity index (χ3v) is 8.85. The minimum atomic E-state index is 0.0858. The molecule has 0 radical (unpaired) electrons. The van der Waals surface area contributed by atoms with Crippen LogP contribution in [0.15, 0.2) is 36.4 Å². The van der Waals surface area contributed by atoms with Gasteiger partial charge in [0.1, 0.15) is 0 Å². The highest BCUT2D eigenvalue weighted by Gasteiger charge is 2.32. The highest BCUT2D eigenvalue weighted by molar-refractivity contribution is 5.85. The first-order valence-electron chi connectivity index (χ1n) is 15.5. The summed E-state index contributed by atoms with van der Waals surface area (Å²) in [6.07, 6.45) is 2.63. The highest BCUT2D eigenvalue weighted by Crippen LogP contribution is 2.56. The second-order valence-electron chi connectivity index (χ2n) is 11.4. The van der Waals surface area contributed by atoms with Crippen molar-refractivity contribution < 1.29 is 56.8 Å². The Balaban J connectivity index is 1.17. The summed E-state index contributed by atoms with van der Waals surface area (Å²) in [5, 5.41) is 0. The first-order chi connectivity index (χ1) is 23.6. The minimum absolute atomic E-state index is 0.0858. The summed E-state index contributed by atoms with van der Waals surface area (Å²) in [5.41, 5.74) is 5.52. The van der Waals surface area contributed by atoms with Crippen molar-refractivity contribution in [2.75, 3.05) is 55.6 Å². The quantitative estimate of drug-likeness (QED) is 0.192. The average molecular weight is 659 g/mol. The van der Waals surface area contributed by atoms with Crippen molar-refractivity contribution in [3.63, 3.8) is 0 Å². The van der Waals surface area contributed by atoms with Crippen LogP contribution in [0.1, 0.15) is 22.3 Å². The molecule has 4 aromatic carbocycles. The molecule has 48 heavy (non-hydrogen) atoms. The number of aryl methyl sites for hydroxylation is 4. The van der Waals surface area contributed by atoms with Gasteiger partial charge in [0.25, 0.3) is 0 Å². The van der Waals surface area contributed by atoms with Gasteiger partial charge in [-0.25, -0.2) is 0 Å². The molecule has 8 rings (SSSR count). The van der Waals surface area contributed by atoms with E-state index < -0.39 is 0 Å². The van der Waals surface area contributed by atoms with Gasteiger partial charge in [-0.2, -0.15) is 0 Å². The SMILES string of the molecule is COc1cc(CCc2cc(-c3cc(CCc4cc(OC)c5c(c4)OCO5)c4c(c3OC)OCO4)c(OC)c3c2OCO3)cc2c1OCO2. The standard InChI is InChI=1S/C36H34O12/c1-37-25-9-19(11-27-33(25)45-15-41-27)5-7-21-13-23(31(39-3)35-29(21)43-17-47-35)24-14-22(30-36(32(24)40-4)48-18-44-30)8-6-20-10-26(38-2)34-28(12-20)42-16-46-34/h9-14H,5-8,15-18H2,1-4H3. The van der Waals surface area contributed by atoms with Crippen LogP contribution in [0.2, 0.25) is 0 Å². The fourth-order valence-corrected chi connectivity index (χ4v) is 6.62. The molecule has 250 valence electrons. The zero-order valence-corrected chi connectivity index (χ0v) is 27.0. The lowest BCUT2D eigenvalue weighted by atomic mass is 9.93. The van der Waals surface area contributed by atoms with E-state index >= 15 is 0 Å². The predicted molar refractivity (Wildman–Crippen MR) is 170 cm³/mol. The molecule has 0 bridgehead atoms. The Kier molecular flexibility index (Phi) is 7.62. The largest absolute Gasteiger partial charge is 0.493 e. The van der Waals surface area contributed by atoms with Crippen LogP contribution in [0.4, 0.5) is 0 Å². The van der Waals surface area contributed by atoms with Crippen LogP contribution in [0.3, 0.4) is 0 Å². The van der Waals surface area contributed by atoms with Gasteiger partial charge < -0.3 is 56.8 Å². The fraction of sp³-hybridized carbons (Fsp3) is 0.333. The lowest BCUT2D eigenvalue weighted by Gasteiger charge is -2.19. The molecule has 0 fully saturated rings. The maximum Gasteiger partial charge on any atom is 0.231 e. The summed E-state index contributed by atoms with van der Waals surface area (Å²) in [5.74, 6) is 7.32. The van der Waals surface area contributed by atoms with Crippen LogP contribution in [-0.2, 0) is 25.7 Å². The Morgan fingerprint density at radius 2 is 0.812 bits per heavy atom. The summed E-state index contributed by atoms with van der Waals surface area (Å²) >= 11 is 0. The topological polar surface area (TPSA) is 111 Å². The average Bonchev–Trinajstić information content (AvgIpc) is 3.95. The first-order valence-corrected chi connectivity index (χ1v) is 15.5. The summed E-state index contributed by atoms with van der Waals surface area (Å²) in [7, 11) is 6.47. The number of hydrogen-bond donors (Lipinski definition) is 0. The maximum absolute atomic E-state index is 6.00. The van der Waals surface area contributed by atoms with Gasteiger partial charge in [0, 0.05) is 11.1 Å².